The van der Waals surface area contributed by atoms with Gasteiger partial charge in [-0.25, -0.2) is 4.99 Å². The fourth-order valence-corrected chi connectivity index (χ4v) is 4.24. The highest BCUT2D eigenvalue weighted by atomic mass is 35.5. The van der Waals surface area contributed by atoms with Crippen molar-refractivity contribution in [2.45, 2.75) is 6.61 Å². The summed E-state index contributed by atoms with van der Waals surface area (Å²) in [5.74, 6) is 0.541. The molecule has 0 unspecified atom stereocenters. The number of aliphatic imine (C=N–C) groups is 1. The Balaban J connectivity index is 1.61. The first-order valence-corrected chi connectivity index (χ1v) is 11.1. The summed E-state index contributed by atoms with van der Waals surface area (Å²) in [4.78, 5) is 23.9. The van der Waals surface area contributed by atoms with E-state index in [1.165, 1.54) is 11.8 Å². The van der Waals surface area contributed by atoms with Gasteiger partial charge < -0.3 is 4.74 Å². The van der Waals surface area contributed by atoms with Crippen LogP contribution in [0.1, 0.15) is 11.1 Å². The first kappa shape index (κ1) is 21.9. The summed E-state index contributed by atoms with van der Waals surface area (Å²) in [5, 5.41) is 1.24. The van der Waals surface area contributed by atoms with Crippen LogP contribution in [-0.4, -0.2) is 27.5 Å². The molecule has 2 aromatic carbocycles. The average molecular weight is 462 g/mol. The summed E-state index contributed by atoms with van der Waals surface area (Å²) in [7, 11) is 0. The molecule has 0 radical (unpaired) electrons. The van der Waals surface area contributed by atoms with Gasteiger partial charge >= 0.3 is 0 Å². The number of benzene rings is 2. The molecule has 3 aromatic rings. The van der Waals surface area contributed by atoms with Crippen molar-refractivity contribution >= 4 is 46.2 Å². The molecule has 2 heterocycles. The zero-order chi connectivity index (χ0) is 22.3. The number of carbonyl (C=O) groups excluding carboxylic acids is 1. The normalized spacial score (nSPS) is 16.0. The lowest BCUT2D eigenvalue weighted by Crippen LogP contribution is -2.29. The number of amidine groups is 1. The fraction of sp³-hybridized carbons (Fsp3) is 0.0800. The molecule has 0 atom stereocenters. The van der Waals surface area contributed by atoms with Gasteiger partial charge in [0.2, 0.25) is 0 Å². The standard InChI is InChI=1S/C25H20ClN3O2S/c1-2-14-29-24(30)23(32-25(29)28-20-10-7-13-27-16-20)15-18-8-4-6-12-22(18)31-17-19-9-3-5-11-21(19)26/h2-13,15-16H,1,14,17H2/b23-15-,28-25?. The number of amides is 1. The molecule has 1 amide bonds. The Hall–Kier alpha value is -3.35. The van der Waals surface area contributed by atoms with Gasteiger partial charge in [-0.1, -0.05) is 54.1 Å². The molecule has 160 valence electrons. The van der Waals surface area contributed by atoms with Crippen LogP contribution in [0.25, 0.3) is 6.08 Å². The molecule has 1 aromatic heterocycles. The second kappa shape index (κ2) is 10.3. The Morgan fingerprint density at radius 1 is 1.12 bits per heavy atom. The molecule has 4 rings (SSSR count). The van der Waals surface area contributed by atoms with E-state index in [9.17, 15) is 4.79 Å². The van der Waals surface area contributed by atoms with E-state index in [0.717, 1.165) is 11.1 Å². The largest absolute Gasteiger partial charge is 0.488 e. The molecule has 0 spiro atoms. The van der Waals surface area contributed by atoms with Gasteiger partial charge in [-0.2, -0.15) is 0 Å². The summed E-state index contributed by atoms with van der Waals surface area (Å²) in [6.45, 7) is 4.46. The van der Waals surface area contributed by atoms with Gasteiger partial charge in [0.25, 0.3) is 5.91 Å². The topological polar surface area (TPSA) is 54.8 Å². The van der Waals surface area contributed by atoms with E-state index in [1.54, 1.807) is 23.4 Å². The SMILES string of the molecule is C=CCN1C(=O)/C(=C/c2ccccc2OCc2ccccc2Cl)SC1=Nc1cccnc1. The minimum Gasteiger partial charge on any atom is -0.488 e. The molecule has 0 N–H and O–H groups in total. The van der Waals surface area contributed by atoms with E-state index in [4.69, 9.17) is 16.3 Å². The lowest BCUT2D eigenvalue weighted by atomic mass is 10.1. The molecule has 1 aliphatic rings. The predicted molar refractivity (Wildman–Crippen MR) is 131 cm³/mol. The van der Waals surface area contributed by atoms with Gasteiger partial charge in [0.05, 0.1) is 16.8 Å². The first-order valence-electron chi connectivity index (χ1n) is 9.92. The monoisotopic (exact) mass is 461 g/mol. The van der Waals surface area contributed by atoms with Gasteiger partial charge in [-0.05, 0) is 42.1 Å². The minimum absolute atomic E-state index is 0.126. The fourth-order valence-electron chi connectivity index (χ4n) is 3.06. The number of pyridine rings is 1. The Morgan fingerprint density at radius 3 is 2.72 bits per heavy atom. The number of hydrogen-bond acceptors (Lipinski definition) is 5. The predicted octanol–water partition coefficient (Wildman–Crippen LogP) is 6.10. The molecule has 32 heavy (non-hydrogen) atoms. The number of carbonyl (C=O) groups is 1. The highest BCUT2D eigenvalue weighted by molar-refractivity contribution is 8.18. The van der Waals surface area contributed by atoms with E-state index in [0.29, 0.717) is 39.7 Å². The van der Waals surface area contributed by atoms with E-state index in [1.807, 2.05) is 66.7 Å². The van der Waals surface area contributed by atoms with E-state index < -0.39 is 0 Å². The molecular weight excluding hydrogens is 442 g/mol. The van der Waals surface area contributed by atoms with Crippen LogP contribution >= 0.6 is 23.4 Å². The van der Waals surface area contributed by atoms with Gasteiger partial charge in [0.1, 0.15) is 12.4 Å². The van der Waals surface area contributed by atoms with Gasteiger partial charge in [0.15, 0.2) is 5.17 Å². The maximum Gasteiger partial charge on any atom is 0.267 e. The molecule has 7 heteroatoms. The minimum atomic E-state index is -0.126. The van der Waals surface area contributed by atoms with Crippen molar-refractivity contribution in [1.29, 1.82) is 0 Å². The van der Waals surface area contributed by atoms with E-state index >= 15 is 0 Å². The Kier molecular flexibility index (Phi) is 7.04. The van der Waals surface area contributed by atoms with Crippen molar-refractivity contribution in [2.24, 2.45) is 4.99 Å². The second-order valence-corrected chi connectivity index (χ2v) is 8.25. The summed E-state index contributed by atoms with van der Waals surface area (Å²) in [5.41, 5.74) is 2.38. The number of rotatable bonds is 7. The molecule has 0 saturated carbocycles. The number of ether oxygens (including phenoxy) is 1. The molecule has 1 aliphatic heterocycles. The number of thioether (sulfide) groups is 1. The van der Waals surface area contributed by atoms with Crippen molar-refractivity contribution in [3.05, 3.63) is 107 Å². The van der Waals surface area contributed by atoms with Crippen LogP contribution in [0.2, 0.25) is 5.02 Å². The molecule has 1 fully saturated rings. The first-order chi connectivity index (χ1) is 15.7. The molecule has 0 bridgehead atoms. The highest BCUT2D eigenvalue weighted by Gasteiger charge is 2.32. The second-order valence-electron chi connectivity index (χ2n) is 6.84. The van der Waals surface area contributed by atoms with Crippen LogP contribution in [-0.2, 0) is 11.4 Å². The third kappa shape index (κ3) is 5.10. The Bertz CT molecular complexity index is 1190. The van der Waals surface area contributed by atoms with Crippen molar-refractivity contribution < 1.29 is 9.53 Å². The maximum absolute atomic E-state index is 13.1. The van der Waals surface area contributed by atoms with Gasteiger partial charge in [0, 0.05) is 28.9 Å². The average Bonchev–Trinajstić information content (AvgIpc) is 3.09. The molecule has 5 nitrogen and oxygen atoms in total. The maximum atomic E-state index is 13.1. The number of nitrogens with zero attached hydrogens (tertiary/aromatic N) is 3. The lowest BCUT2D eigenvalue weighted by Gasteiger charge is -2.12. The summed E-state index contributed by atoms with van der Waals surface area (Å²) in [6.07, 6.45) is 6.85. The molecule has 0 aliphatic carbocycles. The number of para-hydroxylation sites is 1. The van der Waals surface area contributed by atoms with E-state index in [2.05, 4.69) is 16.6 Å². The van der Waals surface area contributed by atoms with Gasteiger partial charge in [-0.15, -0.1) is 6.58 Å². The number of halogens is 1. The summed E-state index contributed by atoms with van der Waals surface area (Å²) in [6, 6.07) is 18.8. The summed E-state index contributed by atoms with van der Waals surface area (Å²) >= 11 is 7.56. The van der Waals surface area contributed by atoms with Crippen LogP contribution < -0.4 is 4.74 Å². The number of hydrogen-bond donors (Lipinski definition) is 0. The zero-order valence-electron chi connectivity index (χ0n) is 17.1. The Labute approximate surface area is 196 Å². The van der Waals surface area contributed by atoms with Crippen LogP contribution in [0.5, 0.6) is 5.75 Å². The lowest BCUT2D eigenvalue weighted by molar-refractivity contribution is -0.121. The van der Waals surface area contributed by atoms with Crippen LogP contribution in [0, 0.1) is 0 Å². The molecular formula is C25H20ClN3O2S. The van der Waals surface area contributed by atoms with Gasteiger partial charge in [-0.3, -0.25) is 14.7 Å². The van der Waals surface area contributed by atoms with Crippen molar-refractivity contribution in [3.63, 3.8) is 0 Å². The van der Waals surface area contributed by atoms with E-state index in [-0.39, 0.29) is 5.91 Å². The smallest absolute Gasteiger partial charge is 0.267 e. The van der Waals surface area contributed by atoms with Crippen molar-refractivity contribution in [3.8, 4) is 5.75 Å². The quantitative estimate of drug-likeness (QED) is 0.315. The summed E-state index contributed by atoms with van der Waals surface area (Å²) < 4.78 is 6.03. The third-order valence-electron chi connectivity index (χ3n) is 4.62. The highest BCUT2D eigenvalue weighted by Crippen LogP contribution is 2.35. The van der Waals surface area contributed by atoms with Crippen LogP contribution in [0.4, 0.5) is 5.69 Å². The zero-order valence-corrected chi connectivity index (χ0v) is 18.7. The van der Waals surface area contributed by atoms with Crippen molar-refractivity contribution in [1.82, 2.24) is 9.88 Å². The van der Waals surface area contributed by atoms with Crippen LogP contribution in [0.15, 0.2) is 95.6 Å². The number of aromatic nitrogens is 1. The molecule has 1 saturated heterocycles. The van der Waals surface area contributed by atoms with Crippen molar-refractivity contribution in [2.75, 3.05) is 6.54 Å². The third-order valence-corrected chi connectivity index (χ3v) is 5.99. The van der Waals surface area contributed by atoms with Crippen LogP contribution in [0.3, 0.4) is 0 Å². The Morgan fingerprint density at radius 2 is 1.94 bits per heavy atom.